The minimum atomic E-state index is -2.77. The van der Waals surface area contributed by atoms with Crippen molar-refractivity contribution in [1.29, 1.82) is 0 Å². The number of rotatable bonds is 8. The first kappa shape index (κ1) is 15.2. The maximum absolute atomic E-state index is 11.6. The summed E-state index contributed by atoms with van der Waals surface area (Å²) in [6.07, 6.45) is 2.91. The highest BCUT2D eigenvalue weighted by atomic mass is 32.2. The van der Waals surface area contributed by atoms with E-state index in [0.29, 0.717) is 30.6 Å². The molecule has 2 aliphatic heterocycles. The van der Waals surface area contributed by atoms with Crippen LogP contribution in [-0.4, -0.2) is 59.9 Å². The zero-order valence-corrected chi connectivity index (χ0v) is 12.5. The van der Waals surface area contributed by atoms with Crippen LogP contribution >= 0.6 is 0 Å². The predicted octanol–water partition coefficient (Wildman–Crippen LogP) is 0.454. The van der Waals surface area contributed by atoms with E-state index in [1.807, 2.05) is 0 Å². The van der Waals surface area contributed by atoms with Crippen molar-refractivity contribution >= 4 is 9.84 Å². The van der Waals surface area contributed by atoms with Crippen molar-refractivity contribution in [2.24, 2.45) is 11.3 Å². The molecule has 0 radical (unpaired) electrons. The Labute approximate surface area is 116 Å². The molecule has 0 amide bonds. The number of hydrogen-bond acceptors (Lipinski definition) is 5. The Balaban J connectivity index is 1.73. The van der Waals surface area contributed by atoms with Crippen LogP contribution in [0.4, 0.5) is 0 Å². The van der Waals surface area contributed by atoms with Crippen molar-refractivity contribution in [3.8, 4) is 0 Å². The minimum absolute atomic E-state index is 0.203. The zero-order valence-electron chi connectivity index (χ0n) is 11.7. The molecule has 2 fully saturated rings. The molecule has 1 unspecified atom stereocenters. The molecule has 112 valence electrons. The number of methoxy groups -OCH3 is 1. The molecule has 0 aromatic heterocycles. The van der Waals surface area contributed by atoms with Crippen molar-refractivity contribution < 1.29 is 17.9 Å². The van der Waals surface area contributed by atoms with Gasteiger partial charge in [0.05, 0.1) is 24.7 Å². The van der Waals surface area contributed by atoms with Crippen LogP contribution in [0.25, 0.3) is 0 Å². The smallest absolute Gasteiger partial charge is 0.150 e. The van der Waals surface area contributed by atoms with Crippen LogP contribution in [0.5, 0.6) is 0 Å². The van der Waals surface area contributed by atoms with Crippen LogP contribution < -0.4 is 5.32 Å². The molecule has 0 spiro atoms. The fraction of sp³-hybridized carbons (Fsp3) is 1.00. The minimum Gasteiger partial charge on any atom is -0.382 e. The monoisotopic (exact) mass is 291 g/mol. The summed E-state index contributed by atoms with van der Waals surface area (Å²) in [6.45, 7) is 3.94. The maximum atomic E-state index is 11.6. The van der Waals surface area contributed by atoms with Crippen LogP contribution in [-0.2, 0) is 19.3 Å². The molecular weight excluding hydrogens is 266 g/mol. The molecule has 0 aliphatic carbocycles. The summed E-state index contributed by atoms with van der Waals surface area (Å²) < 4.78 is 33.6. The molecule has 1 N–H and O–H groups in total. The van der Waals surface area contributed by atoms with Gasteiger partial charge < -0.3 is 14.8 Å². The molecule has 1 atom stereocenters. The van der Waals surface area contributed by atoms with Gasteiger partial charge in [-0.1, -0.05) is 0 Å². The molecule has 0 saturated carbocycles. The quantitative estimate of drug-likeness (QED) is 0.658. The van der Waals surface area contributed by atoms with Gasteiger partial charge in [-0.15, -0.1) is 0 Å². The van der Waals surface area contributed by atoms with Crippen LogP contribution in [0.2, 0.25) is 0 Å². The Morgan fingerprint density at radius 2 is 2.05 bits per heavy atom. The molecule has 19 heavy (non-hydrogen) atoms. The van der Waals surface area contributed by atoms with E-state index >= 15 is 0 Å². The number of nitrogens with one attached hydrogen (secondary N) is 1. The van der Waals surface area contributed by atoms with Crippen molar-refractivity contribution in [2.75, 3.05) is 51.5 Å². The maximum Gasteiger partial charge on any atom is 0.150 e. The van der Waals surface area contributed by atoms with Crippen LogP contribution in [0.1, 0.15) is 19.3 Å². The number of sulfone groups is 1. The third kappa shape index (κ3) is 3.90. The van der Waals surface area contributed by atoms with Gasteiger partial charge in [0, 0.05) is 26.8 Å². The van der Waals surface area contributed by atoms with Crippen LogP contribution in [0.3, 0.4) is 0 Å². The standard InChI is InChI=1S/C13H25NO4S/c1-17-6-7-18-5-2-4-13(10-14-11-13)12-3-8-19(15,16)9-12/h12,14H,2-11H2,1H3. The summed E-state index contributed by atoms with van der Waals surface area (Å²) in [5, 5.41) is 3.31. The third-order valence-electron chi connectivity index (χ3n) is 4.45. The van der Waals surface area contributed by atoms with Crippen molar-refractivity contribution in [1.82, 2.24) is 5.32 Å². The second kappa shape index (κ2) is 6.52. The van der Waals surface area contributed by atoms with Gasteiger partial charge in [0.15, 0.2) is 9.84 Å². The van der Waals surface area contributed by atoms with Crippen molar-refractivity contribution in [3.63, 3.8) is 0 Å². The first-order valence-corrected chi connectivity index (χ1v) is 8.88. The molecule has 5 nitrogen and oxygen atoms in total. The van der Waals surface area contributed by atoms with E-state index in [9.17, 15) is 8.42 Å². The van der Waals surface area contributed by atoms with Gasteiger partial charge in [0.2, 0.25) is 0 Å². The lowest BCUT2D eigenvalue weighted by Gasteiger charge is -2.47. The van der Waals surface area contributed by atoms with Gasteiger partial charge in [-0.2, -0.15) is 0 Å². The average Bonchev–Trinajstić information content (AvgIpc) is 2.67. The molecule has 0 aromatic carbocycles. The highest BCUT2D eigenvalue weighted by Crippen LogP contribution is 2.42. The van der Waals surface area contributed by atoms with Gasteiger partial charge >= 0.3 is 0 Å². The fourth-order valence-electron chi connectivity index (χ4n) is 3.16. The third-order valence-corrected chi connectivity index (χ3v) is 6.22. The van der Waals surface area contributed by atoms with Gasteiger partial charge in [-0.3, -0.25) is 0 Å². The molecule has 2 aliphatic rings. The molecule has 2 saturated heterocycles. The summed E-state index contributed by atoms with van der Waals surface area (Å²) in [7, 11) is -1.11. The average molecular weight is 291 g/mol. The molecule has 0 bridgehead atoms. The highest BCUT2D eigenvalue weighted by molar-refractivity contribution is 7.91. The second-order valence-corrected chi connectivity index (χ2v) is 8.00. The van der Waals surface area contributed by atoms with E-state index in [-0.39, 0.29) is 5.41 Å². The Kier molecular flexibility index (Phi) is 5.22. The normalized spacial score (nSPS) is 28.2. The van der Waals surface area contributed by atoms with Crippen LogP contribution in [0.15, 0.2) is 0 Å². The Morgan fingerprint density at radius 1 is 1.26 bits per heavy atom. The van der Waals surface area contributed by atoms with E-state index in [4.69, 9.17) is 9.47 Å². The first-order valence-electron chi connectivity index (χ1n) is 7.06. The van der Waals surface area contributed by atoms with Crippen LogP contribution in [0, 0.1) is 11.3 Å². The lowest BCUT2D eigenvalue weighted by molar-refractivity contribution is 0.0413. The van der Waals surface area contributed by atoms with Crippen molar-refractivity contribution in [3.05, 3.63) is 0 Å². The van der Waals surface area contributed by atoms with E-state index in [2.05, 4.69) is 5.32 Å². The number of hydrogen-bond donors (Lipinski definition) is 1. The van der Waals surface area contributed by atoms with Crippen molar-refractivity contribution in [2.45, 2.75) is 19.3 Å². The molecular formula is C13H25NO4S. The molecule has 6 heteroatoms. The summed E-state index contributed by atoms with van der Waals surface area (Å²) in [6, 6.07) is 0. The Bertz CT molecular complexity index is 378. The van der Waals surface area contributed by atoms with E-state index in [1.165, 1.54) is 0 Å². The fourth-order valence-corrected chi connectivity index (χ4v) is 5.11. The summed E-state index contributed by atoms with van der Waals surface area (Å²) >= 11 is 0. The lowest BCUT2D eigenvalue weighted by Crippen LogP contribution is -2.57. The molecule has 2 rings (SSSR count). The van der Waals surface area contributed by atoms with E-state index < -0.39 is 9.84 Å². The zero-order chi connectivity index (χ0) is 13.8. The largest absolute Gasteiger partial charge is 0.382 e. The number of ether oxygens (including phenoxy) is 2. The first-order chi connectivity index (χ1) is 9.08. The van der Waals surface area contributed by atoms with Gasteiger partial charge in [0.25, 0.3) is 0 Å². The van der Waals surface area contributed by atoms with Gasteiger partial charge in [0.1, 0.15) is 0 Å². The summed E-state index contributed by atoms with van der Waals surface area (Å²) in [5.74, 6) is 1.11. The summed E-state index contributed by atoms with van der Waals surface area (Å²) in [5.41, 5.74) is 0.203. The molecule has 2 heterocycles. The van der Waals surface area contributed by atoms with Gasteiger partial charge in [-0.25, -0.2) is 8.42 Å². The Hall–Kier alpha value is -0.170. The van der Waals surface area contributed by atoms with Gasteiger partial charge in [-0.05, 0) is 30.6 Å². The lowest BCUT2D eigenvalue weighted by atomic mass is 9.67. The van der Waals surface area contributed by atoms with E-state index in [1.54, 1.807) is 7.11 Å². The molecule has 0 aromatic rings. The topological polar surface area (TPSA) is 64.6 Å². The van der Waals surface area contributed by atoms with E-state index in [0.717, 1.165) is 39.0 Å². The SMILES string of the molecule is COCCOCCCC1(C2CCS(=O)(=O)C2)CNC1. The Morgan fingerprint density at radius 3 is 2.58 bits per heavy atom. The highest BCUT2D eigenvalue weighted by Gasteiger charge is 2.47. The predicted molar refractivity (Wildman–Crippen MR) is 74.0 cm³/mol. The second-order valence-electron chi connectivity index (χ2n) is 5.77. The summed E-state index contributed by atoms with van der Waals surface area (Å²) in [4.78, 5) is 0.